The molecule has 20 heavy (non-hydrogen) atoms. The van der Waals surface area contributed by atoms with Crippen LogP contribution in [0.2, 0.25) is 0 Å². The van der Waals surface area contributed by atoms with Gasteiger partial charge in [0.1, 0.15) is 11.5 Å². The fourth-order valence-electron chi connectivity index (χ4n) is 2.16. The minimum Gasteiger partial charge on any atom is -0.497 e. The first kappa shape index (κ1) is 14.9. The summed E-state index contributed by atoms with van der Waals surface area (Å²) in [5.74, 6) is 1.48. The van der Waals surface area contributed by atoms with Gasteiger partial charge >= 0.3 is 0 Å². The van der Waals surface area contributed by atoms with Gasteiger partial charge in [-0.25, -0.2) is 0 Å². The van der Waals surface area contributed by atoms with Gasteiger partial charge in [0, 0.05) is 12.1 Å². The monoisotopic (exact) mass is 339 g/mol. The van der Waals surface area contributed by atoms with Crippen molar-refractivity contribution in [2.24, 2.45) is 5.73 Å². The van der Waals surface area contributed by atoms with Crippen molar-refractivity contribution in [1.29, 1.82) is 0 Å². The van der Waals surface area contributed by atoms with E-state index in [0.29, 0.717) is 0 Å². The topological polar surface area (TPSA) is 62.3 Å². The Morgan fingerprint density at radius 2 is 2.10 bits per heavy atom. The third kappa shape index (κ3) is 2.66. The Morgan fingerprint density at radius 3 is 2.70 bits per heavy atom. The van der Waals surface area contributed by atoms with Crippen molar-refractivity contribution >= 4 is 15.9 Å². The summed E-state index contributed by atoms with van der Waals surface area (Å²) < 4.78 is 13.4. The second kappa shape index (κ2) is 6.28. The van der Waals surface area contributed by atoms with Crippen molar-refractivity contribution in [1.82, 2.24) is 9.78 Å². The summed E-state index contributed by atoms with van der Waals surface area (Å²) >= 11 is 3.50. The number of halogens is 1. The summed E-state index contributed by atoms with van der Waals surface area (Å²) in [5, 5.41) is 4.30. The van der Waals surface area contributed by atoms with E-state index in [4.69, 9.17) is 15.2 Å². The Hall–Kier alpha value is -1.53. The number of methoxy groups -OCH3 is 2. The molecule has 0 aliphatic rings. The number of hydrogen-bond donors (Lipinski definition) is 1. The molecule has 1 atom stereocenters. The van der Waals surface area contributed by atoms with Gasteiger partial charge in [0.2, 0.25) is 0 Å². The maximum absolute atomic E-state index is 6.41. The number of ether oxygens (including phenoxy) is 2. The predicted molar refractivity (Wildman–Crippen MR) is 81.2 cm³/mol. The van der Waals surface area contributed by atoms with Gasteiger partial charge in [0.25, 0.3) is 0 Å². The molecule has 1 heterocycles. The van der Waals surface area contributed by atoms with Crippen LogP contribution >= 0.6 is 15.9 Å². The number of benzene rings is 1. The van der Waals surface area contributed by atoms with E-state index < -0.39 is 0 Å². The average Bonchev–Trinajstić information content (AvgIpc) is 2.86. The van der Waals surface area contributed by atoms with Crippen molar-refractivity contribution in [3.05, 3.63) is 40.1 Å². The van der Waals surface area contributed by atoms with Gasteiger partial charge in [-0.2, -0.15) is 5.10 Å². The quantitative estimate of drug-likeness (QED) is 0.909. The highest BCUT2D eigenvalue weighted by Gasteiger charge is 2.21. The smallest absolute Gasteiger partial charge is 0.124 e. The molecule has 108 valence electrons. The molecule has 0 aliphatic carbocycles. The molecule has 0 radical (unpaired) electrons. The second-order valence-electron chi connectivity index (χ2n) is 4.28. The van der Waals surface area contributed by atoms with Gasteiger partial charge in [0.05, 0.1) is 36.6 Å². The molecular weight excluding hydrogens is 322 g/mol. The molecule has 0 saturated heterocycles. The molecule has 0 bridgehead atoms. The van der Waals surface area contributed by atoms with Crippen molar-refractivity contribution in [3.63, 3.8) is 0 Å². The SMILES string of the molecule is CCn1ncc(Br)c1C(N)c1cc(OC)ccc1OC. The molecule has 6 heteroatoms. The molecule has 0 saturated carbocycles. The highest BCUT2D eigenvalue weighted by molar-refractivity contribution is 9.10. The third-order valence-corrected chi connectivity index (χ3v) is 3.81. The fraction of sp³-hybridized carbons (Fsp3) is 0.357. The van der Waals surface area contributed by atoms with Gasteiger partial charge in [-0.05, 0) is 41.1 Å². The van der Waals surface area contributed by atoms with Gasteiger partial charge in [-0.3, -0.25) is 4.68 Å². The summed E-state index contributed by atoms with van der Waals surface area (Å²) in [7, 11) is 3.26. The van der Waals surface area contributed by atoms with E-state index in [9.17, 15) is 0 Å². The Kier molecular flexibility index (Phi) is 4.67. The maximum Gasteiger partial charge on any atom is 0.124 e. The Balaban J connectivity index is 2.51. The van der Waals surface area contributed by atoms with Crippen molar-refractivity contribution in [2.75, 3.05) is 14.2 Å². The predicted octanol–water partition coefficient (Wildman–Crippen LogP) is 2.73. The van der Waals surface area contributed by atoms with Crippen LogP contribution in [-0.2, 0) is 6.54 Å². The van der Waals surface area contributed by atoms with E-state index in [1.807, 2.05) is 29.8 Å². The average molecular weight is 340 g/mol. The van der Waals surface area contributed by atoms with Gasteiger partial charge in [-0.1, -0.05) is 0 Å². The standard InChI is InChI=1S/C14H18BrN3O2/c1-4-18-14(11(15)8-17-18)13(16)10-7-9(19-2)5-6-12(10)20-3/h5-8,13H,4,16H2,1-3H3. The summed E-state index contributed by atoms with van der Waals surface area (Å²) in [4.78, 5) is 0. The molecule has 1 unspecified atom stereocenters. The lowest BCUT2D eigenvalue weighted by molar-refractivity contribution is 0.396. The van der Waals surface area contributed by atoms with Crippen LogP contribution in [0.15, 0.2) is 28.9 Å². The number of rotatable bonds is 5. The van der Waals surface area contributed by atoms with Crippen LogP contribution in [0.25, 0.3) is 0 Å². The zero-order chi connectivity index (χ0) is 14.7. The molecule has 1 aromatic carbocycles. The molecule has 0 spiro atoms. The highest BCUT2D eigenvalue weighted by atomic mass is 79.9. The Labute approximate surface area is 126 Å². The van der Waals surface area contributed by atoms with E-state index >= 15 is 0 Å². The molecule has 2 aromatic rings. The van der Waals surface area contributed by atoms with Crippen molar-refractivity contribution in [3.8, 4) is 11.5 Å². The normalized spacial score (nSPS) is 12.2. The minimum atomic E-state index is -0.350. The molecular formula is C14H18BrN3O2. The van der Waals surface area contributed by atoms with Crippen LogP contribution < -0.4 is 15.2 Å². The third-order valence-electron chi connectivity index (χ3n) is 3.20. The largest absolute Gasteiger partial charge is 0.497 e. The zero-order valence-electron chi connectivity index (χ0n) is 11.8. The number of nitrogens with two attached hydrogens (primary N) is 1. The Morgan fingerprint density at radius 1 is 1.35 bits per heavy atom. The van der Waals surface area contributed by atoms with E-state index in [2.05, 4.69) is 21.0 Å². The van der Waals surface area contributed by atoms with Gasteiger partial charge in [-0.15, -0.1) is 0 Å². The number of aromatic nitrogens is 2. The first-order valence-corrected chi connectivity index (χ1v) is 7.10. The minimum absolute atomic E-state index is 0.350. The molecule has 2 rings (SSSR count). The lowest BCUT2D eigenvalue weighted by atomic mass is 10.0. The van der Waals surface area contributed by atoms with Crippen LogP contribution in [-0.4, -0.2) is 24.0 Å². The number of hydrogen-bond acceptors (Lipinski definition) is 4. The zero-order valence-corrected chi connectivity index (χ0v) is 13.3. The van der Waals surface area contributed by atoms with E-state index in [1.54, 1.807) is 20.4 Å². The van der Waals surface area contributed by atoms with Crippen LogP contribution in [0.5, 0.6) is 11.5 Å². The van der Waals surface area contributed by atoms with Gasteiger partial charge in [0.15, 0.2) is 0 Å². The molecule has 0 aliphatic heterocycles. The molecule has 1 aromatic heterocycles. The summed E-state index contributed by atoms with van der Waals surface area (Å²) in [6, 6.07) is 5.25. The summed E-state index contributed by atoms with van der Waals surface area (Å²) in [5.41, 5.74) is 8.19. The van der Waals surface area contributed by atoms with Crippen LogP contribution in [0, 0.1) is 0 Å². The molecule has 0 amide bonds. The molecule has 5 nitrogen and oxygen atoms in total. The number of nitrogens with zero attached hydrogens (tertiary/aromatic N) is 2. The fourth-order valence-corrected chi connectivity index (χ4v) is 2.71. The van der Waals surface area contributed by atoms with Gasteiger partial charge < -0.3 is 15.2 Å². The second-order valence-corrected chi connectivity index (χ2v) is 5.13. The van der Waals surface area contributed by atoms with Crippen LogP contribution in [0.3, 0.4) is 0 Å². The highest BCUT2D eigenvalue weighted by Crippen LogP contribution is 2.34. The number of aryl methyl sites for hydroxylation is 1. The lowest BCUT2D eigenvalue weighted by Gasteiger charge is -2.18. The van der Waals surface area contributed by atoms with E-state index in [0.717, 1.165) is 33.8 Å². The van der Waals surface area contributed by atoms with Crippen molar-refractivity contribution in [2.45, 2.75) is 19.5 Å². The van der Waals surface area contributed by atoms with Crippen LogP contribution in [0.4, 0.5) is 0 Å². The van der Waals surface area contributed by atoms with Crippen molar-refractivity contribution < 1.29 is 9.47 Å². The first-order valence-electron chi connectivity index (χ1n) is 6.31. The van der Waals surface area contributed by atoms with E-state index in [1.165, 1.54) is 0 Å². The Bertz CT molecular complexity index is 598. The van der Waals surface area contributed by atoms with Crippen LogP contribution in [0.1, 0.15) is 24.2 Å². The molecule has 2 N–H and O–H groups in total. The molecule has 0 fully saturated rings. The summed E-state index contributed by atoms with van der Waals surface area (Å²) in [6.45, 7) is 2.78. The first-order chi connectivity index (χ1) is 9.62. The van der Waals surface area contributed by atoms with E-state index in [-0.39, 0.29) is 6.04 Å². The lowest BCUT2D eigenvalue weighted by Crippen LogP contribution is -2.18. The summed E-state index contributed by atoms with van der Waals surface area (Å²) in [6.07, 6.45) is 1.76. The maximum atomic E-state index is 6.41.